The lowest BCUT2D eigenvalue weighted by atomic mass is 9.67. The lowest BCUT2D eigenvalue weighted by molar-refractivity contribution is 0.669. The molecule has 246 valence electrons. The van der Waals surface area contributed by atoms with Crippen LogP contribution in [0.25, 0.3) is 44.2 Å². The van der Waals surface area contributed by atoms with Crippen LogP contribution < -0.4 is 4.90 Å². The summed E-state index contributed by atoms with van der Waals surface area (Å²) in [7, 11) is 0. The second-order valence-corrected chi connectivity index (χ2v) is 13.8. The maximum absolute atomic E-state index is 6.12. The van der Waals surface area contributed by atoms with Crippen molar-refractivity contribution in [1.29, 1.82) is 0 Å². The number of hydrogen-bond donors (Lipinski definition) is 0. The SMILES string of the molecule is Cc1ccc(N(c2ccc(-c3ccc4oc5ccccc5c4c3)cc2)c2ccc3c(c2)C(c2ccccc2)(c2ccccc2)c2ccccc2-3)cc1. The van der Waals surface area contributed by atoms with Crippen LogP contribution in [0.5, 0.6) is 0 Å². The van der Waals surface area contributed by atoms with Gasteiger partial charge < -0.3 is 9.32 Å². The number of furan rings is 1. The van der Waals surface area contributed by atoms with Crippen molar-refractivity contribution >= 4 is 39.0 Å². The van der Waals surface area contributed by atoms with Gasteiger partial charge in [0.05, 0.1) is 5.41 Å². The molecular formula is C50H35NO. The molecule has 9 aromatic rings. The van der Waals surface area contributed by atoms with Gasteiger partial charge in [-0.3, -0.25) is 0 Å². The monoisotopic (exact) mass is 665 g/mol. The van der Waals surface area contributed by atoms with E-state index in [0.717, 1.165) is 44.6 Å². The van der Waals surface area contributed by atoms with Crippen molar-refractivity contribution in [1.82, 2.24) is 0 Å². The summed E-state index contributed by atoms with van der Waals surface area (Å²) in [6.07, 6.45) is 0. The van der Waals surface area contributed by atoms with Gasteiger partial charge in [-0.1, -0.05) is 145 Å². The predicted octanol–water partition coefficient (Wildman–Crippen LogP) is 13.4. The summed E-state index contributed by atoms with van der Waals surface area (Å²) >= 11 is 0. The van der Waals surface area contributed by atoms with Gasteiger partial charge >= 0.3 is 0 Å². The van der Waals surface area contributed by atoms with E-state index < -0.39 is 5.41 Å². The van der Waals surface area contributed by atoms with Gasteiger partial charge in [0, 0.05) is 27.8 Å². The van der Waals surface area contributed by atoms with E-state index in [0.29, 0.717) is 0 Å². The molecule has 52 heavy (non-hydrogen) atoms. The normalized spacial score (nSPS) is 12.9. The van der Waals surface area contributed by atoms with Crippen LogP contribution in [-0.2, 0) is 5.41 Å². The number of rotatable bonds is 6. The Balaban J connectivity index is 1.14. The van der Waals surface area contributed by atoms with Crippen LogP contribution in [0.1, 0.15) is 27.8 Å². The Labute approximate surface area is 303 Å². The molecule has 1 aromatic heterocycles. The van der Waals surface area contributed by atoms with E-state index in [2.05, 4.69) is 194 Å². The molecule has 0 saturated heterocycles. The van der Waals surface area contributed by atoms with Crippen LogP contribution >= 0.6 is 0 Å². The van der Waals surface area contributed by atoms with Crippen molar-refractivity contribution in [2.45, 2.75) is 12.3 Å². The highest BCUT2D eigenvalue weighted by atomic mass is 16.3. The van der Waals surface area contributed by atoms with Gasteiger partial charge in [-0.05, 0) is 106 Å². The van der Waals surface area contributed by atoms with Crippen molar-refractivity contribution in [2.24, 2.45) is 0 Å². The Morgan fingerprint density at radius 1 is 0.404 bits per heavy atom. The Kier molecular flexibility index (Phi) is 6.97. The first kappa shape index (κ1) is 30.2. The number of benzene rings is 8. The zero-order chi connectivity index (χ0) is 34.6. The van der Waals surface area contributed by atoms with E-state index in [4.69, 9.17) is 4.42 Å². The highest BCUT2D eigenvalue weighted by Gasteiger charge is 2.46. The van der Waals surface area contributed by atoms with Crippen molar-refractivity contribution < 1.29 is 4.42 Å². The zero-order valence-corrected chi connectivity index (χ0v) is 28.8. The molecule has 0 bridgehead atoms. The van der Waals surface area contributed by atoms with E-state index in [9.17, 15) is 0 Å². The standard InChI is InChI=1S/C50H35NO/c1-34-20-25-39(26-21-34)51(40-27-22-35(23-28-40)36-24-31-49-45(32-36)44-17-9-11-19-48(44)52-49)41-29-30-43-42-16-8-10-18-46(42)50(47(43)33-41,37-12-4-2-5-13-37)38-14-6-3-7-15-38/h2-33H,1H3. The summed E-state index contributed by atoms with van der Waals surface area (Å²) in [4.78, 5) is 2.39. The van der Waals surface area contributed by atoms with E-state index in [1.54, 1.807) is 0 Å². The average molecular weight is 666 g/mol. The Morgan fingerprint density at radius 2 is 0.962 bits per heavy atom. The molecule has 0 amide bonds. The summed E-state index contributed by atoms with van der Waals surface area (Å²) in [6, 6.07) is 70.6. The van der Waals surface area contributed by atoms with Crippen molar-refractivity contribution in [3.63, 3.8) is 0 Å². The lowest BCUT2D eigenvalue weighted by Gasteiger charge is -2.35. The molecule has 8 aromatic carbocycles. The number of anilines is 3. The first-order chi connectivity index (χ1) is 25.7. The maximum Gasteiger partial charge on any atom is 0.135 e. The largest absolute Gasteiger partial charge is 0.456 e. The molecule has 2 heteroatoms. The summed E-state index contributed by atoms with van der Waals surface area (Å²) in [5.41, 5.74) is 15.9. The average Bonchev–Trinajstić information content (AvgIpc) is 3.73. The van der Waals surface area contributed by atoms with E-state index >= 15 is 0 Å². The third kappa shape index (κ3) is 4.65. The number of aryl methyl sites for hydroxylation is 1. The molecule has 1 heterocycles. The summed E-state index contributed by atoms with van der Waals surface area (Å²) < 4.78 is 6.12. The number of para-hydroxylation sites is 1. The summed E-state index contributed by atoms with van der Waals surface area (Å²) in [6.45, 7) is 2.14. The fraction of sp³-hybridized carbons (Fsp3) is 0.0400. The first-order valence-corrected chi connectivity index (χ1v) is 17.9. The highest BCUT2D eigenvalue weighted by Crippen LogP contribution is 2.57. The van der Waals surface area contributed by atoms with Crippen LogP contribution in [0.15, 0.2) is 199 Å². The molecule has 1 aliphatic carbocycles. The van der Waals surface area contributed by atoms with Crippen LogP contribution in [0, 0.1) is 6.92 Å². The third-order valence-electron chi connectivity index (χ3n) is 10.8. The van der Waals surface area contributed by atoms with Gasteiger partial charge in [0.2, 0.25) is 0 Å². The third-order valence-corrected chi connectivity index (χ3v) is 10.8. The molecule has 0 atom stereocenters. The lowest BCUT2D eigenvalue weighted by Crippen LogP contribution is -2.28. The molecule has 2 nitrogen and oxygen atoms in total. The number of nitrogens with zero attached hydrogens (tertiary/aromatic N) is 1. The molecule has 0 unspecified atom stereocenters. The van der Waals surface area contributed by atoms with E-state index in [-0.39, 0.29) is 0 Å². The molecule has 1 aliphatic rings. The molecule has 0 spiro atoms. The van der Waals surface area contributed by atoms with E-state index in [1.807, 2.05) is 12.1 Å². The molecule has 0 aliphatic heterocycles. The van der Waals surface area contributed by atoms with Gasteiger partial charge in [-0.15, -0.1) is 0 Å². The molecule has 0 saturated carbocycles. The van der Waals surface area contributed by atoms with Gasteiger partial charge in [-0.2, -0.15) is 0 Å². The molecule has 10 rings (SSSR count). The summed E-state index contributed by atoms with van der Waals surface area (Å²) in [5.74, 6) is 0. The number of fused-ring (bicyclic) bond motifs is 6. The maximum atomic E-state index is 6.12. The first-order valence-electron chi connectivity index (χ1n) is 17.9. The van der Waals surface area contributed by atoms with Gasteiger partial charge in [-0.25, -0.2) is 0 Å². The number of hydrogen-bond acceptors (Lipinski definition) is 2. The predicted molar refractivity (Wildman–Crippen MR) is 216 cm³/mol. The van der Waals surface area contributed by atoms with Crippen LogP contribution in [0.4, 0.5) is 17.1 Å². The summed E-state index contributed by atoms with van der Waals surface area (Å²) in [5, 5.41) is 2.28. The Morgan fingerprint density at radius 3 is 1.69 bits per heavy atom. The van der Waals surface area contributed by atoms with Crippen LogP contribution in [-0.4, -0.2) is 0 Å². The second kappa shape index (κ2) is 12.0. The van der Waals surface area contributed by atoms with Crippen LogP contribution in [0.3, 0.4) is 0 Å². The highest BCUT2D eigenvalue weighted by molar-refractivity contribution is 6.06. The quantitative estimate of drug-likeness (QED) is 0.176. The topological polar surface area (TPSA) is 16.4 Å². The molecular weight excluding hydrogens is 631 g/mol. The van der Waals surface area contributed by atoms with Gasteiger partial charge in [0.1, 0.15) is 11.2 Å². The van der Waals surface area contributed by atoms with Crippen molar-refractivity contribution in [3.8, 4) is 22.3 Å². The minimum absolute atomic E-state index is 0.469. The van der Waals surface area contributed by atoms with Gasteiger partial charge in [0.15, 0.2) is 0 Å². The van der Waals surface area contributed by atoms with Gasteiger partial charge in [0.25, 0.3) is 0 Å². The van der Waals surface area contributed by atoms with E-state index in [1.165, 1.54) is 44.5 Å². The fourth-order valence-electron chi connectivity index (χ4n) is 8.42. The molecule has 0 radical (unpaired) electrons. The Bertz CT molecular complexity index is 2690. The van der Waals surface area contributed by atoms with Crippen LogP contribution in [0.2, 0.25) is 0 Å². The molecule has 0 N–H and O–H groups in total. The molecule has 0 fully saturated rings. The zero-order valence-electron chi connectivity index (χ0n) is 28.8. The van der Waals surface area contributed by atoms with Crippen molar-refractivity contribution in [3.05, 3.63) is 222 Å². The fourth-order valence-corrected chi connectivity index (χ4v) is 8.42. The minimum Gasteiger partial charge on any atom is -0.456 e. The smallest absolute Gasteiger partial charge is 0.135 e. The van der Waals surface area contributed by atoms with Crippen molar-refractivity contribution in [2.75, 3.05) is 4.90 Å². The second-order valence-electron chi connectivity index (χ2n) is 13.8. The Hall–Kier alpha value is -6.64. The minimum atomic E-state index is -0.469.